The first-order valence-corrected chi connectivity index (χ1v) is 10.4. The first-order chi connectivity index (χ1) is 16.8. The van der Waals surface area contributed by atoms with Crippen molar-refractivity contribution in [3.8, 4) is 22.9 Å². The predicted octanol–water partition coefficient (Wildman–Crippen LogP) is 2.06. The zero-order chi connectivity index (χ0) is 25.5. The summed E-state index contributed by atoms with van der Waals surface area (Å²) in [5, 5.41) is 7.04. The molecule has 2 aromatic carbocycles. The highest BCUT2D eigenvalue weighted by Crippen LogP contribution is 2.22. The van der Waals surface area contributed by atoms with E-state index in [0.717, 1.165) is 0 Å². The maximum absolute atomic E-state index is 13.3. The van der Waals surface area contributed by atoms with Crippen molar-refractivity contribution in [3.63, 3.8) is 0 Å². The molecule has 35 heavy (non-hydrogen) atoms. The van der Waals surface area contributed by atoms with Gasteiger partial charge in [-0.3, -0.25) is 19.5 Å². The van der Waals surface area contributed by atoms with E-state index in [9.17, 15) is 14.4 Å². The van der Waals surface area contributed by atoms with Gasteiger partial charge in [0.25, 0.3) is 11.5 Å². The Kier molecular flexibility index (Phi) is 7.92. The number of nitrogens with zero attached hydrogens (tertiary/aromatic N) is 2. The van der Waals surface area contributed by atoms with Crippen LogP contribution in [0.15, 0.2) is 52.4 Å². The van der Waals surface area contributed by atoms with E-state index in [1.54, 1.807) is 37.3 Å². The molecular weight excluding hydrogens is 456 g/mol. The van der Waals surface area contributed by atoms with Crippen molar-refractivity contribution < 1.29 is 28.5 Å². The van der Waals surface area contributed by atoms with E-state index in [1.807, 2.05) is 0 Å². The van der Waals surface area contributed by atoms with Crippen LogP contribution in [0.1, 0.15) is 28.5 Å². The predicted molar refractivity (Wildman–Crippen MR) is 128 cm³/mol. The van der Waals surface area contributed by atoms with Gasteiger partial charge in [-0.15, -0.1) is 0 Å². The Morgan fingerprint density at radius 3 is 2.09 bits per heavy atom. The van der Waals surface area contributed by atoms with Crippen LogP contribution in [0.4, 0.5) is 0 Å². The van der Waals surface area contributed by atoms with Crippen LogP contribution in [-0.2, 0) is 16.0 Å². The van der Waals surface area contributed by atoms with Crippen LogP contribution in [0.3, 0.4) is 0 Å². The van der Waals surface area contributed by atoms with E-state index >= 15 is 0 Å². The fourth-order valence-corrected chi connectivity index (χ4v) is 3.31. The third kappa shape index (κ3) is 5.69. The summed E-state index contributed by atoms with van der Waals surface area (Å²) in [6.45, 7) is 1.55. The van der Waals surface area contributed by atoms with Crippen LogP contribution in [0.2, 0.25) is 0 Å². The number of aromatic nitrogens is 2. The molecule has 0 unspecified atom stereocenters. The Morgan fingerprint density at radius 2 is 1.54 bits per heavy atom. The van der Waals surface area contributed by atoms with Crippen molar-refractivity contribution in [2.45, 2.75) is 13.3 Å². The molecule has 0 fully saturated rings. The average molecular weight is 482 g/mol. The molecule has 1 amide bonds. The van der Waals surface area contributed by atoms with Crippen molar-refractivity contribution in [1.82, 2.24) is 15.2 Å². The largest absolute Gasteiger partial charge is 0.497 e. The number of aromatic amines is 1. The molecule has 0 aliphatic carbocycles. The van der Waals surface area contributed by atoms with Gasteiger partial charge in [-0.05, 0) is 43.3 Å². The molecule has 2 N–H and O–H groups in total. The summed E-state index contributed by atoms with van der Waals surface area (Å²) in [4.78, 5) is 37.9. The van der Waals surface area contributed by atoms with E-state index < -0.39 is 17.4 Å². The summed E-state index contributed by atoms with van der Waals surface area (Å²) >= 11 is 0. The number of methoxy groups -OCH3 is 4. The van der Waals surface area contributed by atoms with Crippen molar-refractivity contribution in [3.05, 3.63) is 69.6 Å². The van der Waals surface area contributed by atoms with Gasteiger partial charge in [0.1, 0.15) is 17.2 Å². The standard InChI is InChI=1S/C24H26N4O7/c1-14(25-26-23(30)15-10-18(33-3)12-19(11-15)34-4)22-20(13-21(29)35-5)27-28(24(22)31)16-6-8-17(32-2)9-7-16/h6-12,27H,13H2,1-5H3,(H,26,30). The van der Waals surface area contributed by atoms with Crippen LogP contribution in [0, 0.1) is 0 Å². The molecule has 0 spiro atoms. The summed E-state index contributed by atoms with van der Waals surface area (Å²) in [5.74, 6) is 0.405. The first kappa shape index (κ1) is 25.1. The first-order valence-electron chi connectivity index (χ1n) is 10.4. The number of benzene rings is 2. The summed E-state index contributed by atoms with van der Waals surface area (Å²) in [6, 6.07) is 11.5. The third-order valence-corrected chi connectivity index (χ3v) is 5.15. The van der Waals surface area contributed by atoms with Crippen LogP contribution < -0.4 is 25.2 Å². The van der Waals surface area contributed by atoms with Crippen LogP contribution in [-0.4, -0.2) is 55.8 Å². The molecule has 3 aromatic rings. The molecule has 1 aromatic heterocycles. The maximum Gasteiger partial charge on any atom is 0.311 e. The lowest BCUT2D eigenvalue weighted by Gasteiger charge is -2.08. The third-order valence-electron chi connectivity index (χ3n) is 5.15. The second kappa shape index (κ2) is 11.1. The quantitative estimate of drug-likeness (QED) is 0.271. The molecule has 3 rings (SSSR count). The molecule has 184 valence electrons. The molecule has 11 nitrogen and oxygen atoms in total. The van der Waals surface area contributed by atoms with E-state index in [1.165, 1.54) is 45.3 Å². The molecule has 0 atom stereocenters. The van der Waals surface area contributed by atoms with E-state index in [4.69, 9.17) is 18.9 Å². The number of hydrogen-bond donors (Lipinski definition) is 2. The van der Waals surface area contributed by atoms with E-state index in [2.05, 4.69) is 15.6 Å². The minimum Gasteiger partial charge on any atom is -0.497 e. The minimum atomic E-state index is -0.547. The topological polar surface area (TPSA) is 133 Å². The monoisotopic (exact) mass is 482 g/mol. The minimum absolute atomic E-state index is 0.134. The molecule has 0 saturated carbocycles. The highest BCUT2D eigenvalue weighted by Gasteiger charge is 2.21. The molecule has 1 heterocycles. The van der Waals surface area contributed by atoms with Gasteiger partial charge in [-0.1, -0.05) is 0 Å². The summed E-state index contributed by atoms with van der Waals surface area (Å²) < 4.78 is 21.6. The zero-order valence-corrected chi connectivity index (χ0v) is 20.0. The van der Waals surface area contributed by atoms with Crippen molar-refractivity contribution in [2.75, 3.05) is 28.4 Å². The van der Waals surface area contributed by atoms with E-state index in [0.29, 0.717) is 22.9 Å². The fourth-order valence-electron chi connectivity index (χ4n) is 3.31. The van der Waals surface area contributed by atoms with E-state index in [-0.39, 0.29) is 29.0 Å². The van der Waals surface area contributed by atoms with Crippen molar-refractivity contribution >= 4 is 17.6 Å². The van der Waals surface area contributed by atoms with Crippen LogP contribution in [0.25, 0.3) is 5.69 Å². The SMILES string of the molecule is COC(=O)Cc1[nH]n(-c2ccc(OC)cc2)c(=O)c1C(C)=NNC(=O)c1cc(OC)cc(OC)c1. The van der Waals surface area contributed by atoms with Crippen LogP contribution >= 0.6 is 0 Å². The zero-order valence-electron chi connectivity index (χ0n) is 20.0. The summed E-state index contributed by atoms with van der Waals surface area (Å²) in [5.41, 5.74) is 3.36. The molecular formula is C24H26N4O7. The van der Waals surface area contributed by atoms with Gasteiger partial charge in [0.2, 0.25) is 0 Å². The Balaban J connectivity index is 1.97. The number of ether oxygens (including phenoxy) is 4. The summed E-state index contributed by atoms with van der Waals surface area (Å²) in [6.07, 6.45) is -0.196. The Morgan fingerprint density at radius 1 is 0.943 bits per heavy atom. The molecule has 0 aliphatic heterocycles. The average Bonchev–Trinajstić information content (AvgIpc) is 3.21. The number of amides is 1. The van der Waals surface area contributed by atoms with Gasteiger partial charge in [0.05, 0.1) is 57.5 Å². The smallest absolute Gasteiger partial charge is 0.311 e. The van der Waals surface area contributed by atoms with Gasteiger partial charge in [0.15, 0.2) is 0 Å². The highest BCUT2D eigenvalue weighted by atomic mass is 16.5. The lowest BCUT2D eigenvalue weighted by atomic mass is 10.1. The Bertz CT molecular complexity index is 1280. The number of hydrazone groups is 1. The fraction of sp³-hybridized carbons (Fsp3) is 0.250. The van der Waals surface area contributed by atoms with Crippen LogP contribution in [0.5, 0.6) is 17.2 Å². The number of H-pyrrole nitrogens is 1. The number of carbonyl (C=O) groups excluding carboxylic acids is 2. The highest BCUT2D eigenvalue weighted by molar-refractivity contribution is 6.02. The van der Waals surface area contributed by atoms with Crippen molar-refractivity contribution in [1.29, 1.82) is 0 Å². The van der Waals surface area contributed by atoms with Gasteiger partial charge < -0.3 is 18.9 Å². The number of nitrogens with one attached hydrogen (secondary N) is 2. The molecule has 11 heteroatoms. The lowest BCUT2D eigenvalue weighted by molar-refractivity contribution is -0.139. The molecule has 0 radical (unpaired) electrons. The summed E-state index contributed by atoms with van der Waals surface area (Å²) in [7, 11) is 5.74. The lowest BCUT2D eigenvalue weighted by Crippen LogP contribution is -2.24. The number of hydrogen-bond acceptors (Lipinski definition) is 8. The molecule has 0 bridgehead atoms. The van der Waals surface area contributed by atoms with Gasteiger partial charge >= 0.3 is 5.97 Å². The second-order valence-corrected chi connectivity index (χ2v) is 7.30. The Labute approximate surface area is 201 Å². The molecule has 0 saturated heterocycles. The second-order valence-electron chi connectivity index (χ2n) is 7.30. The number of carbonyl (C=O) groups is 2. The maximum atomic E-state index is 13.3. The number of esters is 1. The van der Waals surface area contributed by atoms with Crippen molar-refractivity contribution in [2.24, 2.45) is 5.10 Å². The Hall–Kier alpha value is -4.54. The van der Waals surface area contributed by atoms with Gasteiger partial charge in [-0.25, -0.2) is 10.1 Å². The number of rotatable bonds is 9. The molecule has 0 aliphatic rings. The van der Waals surface area contributed by atoms with Gasteiger partial charge in [0, 0.05) is 11.6 Å². The normalized spacial score (nSPS) is 11.1. The van der Waals surface area contributed by atoms with Gasteiger partial charge in [-0.2, -0.15) is 5.10 Å².